The molecule has 0 aromatic heterocycles. The third-order valence-corrected chi connectivity index (χ3v) is 1.94. The number of ether oxygens (including phenoxy) is 3. The van der Waals surface area contributed by atoms with Crippen LogP contribution in [0.4, 0.5) is 0 Å². The van der Waals surface area contributed by atoms with Crippen molar-refractivity contribution in [1.82, 2.24) is 0 Å². The van der Waals surface area contributed by atoms with Crippen LogP contribution in [0.25, 0.3) is 0 Å². The lowest BCUT2D eigenvalue weighted by Gasteiger charge is -2.09. The van der Waals surface area contributed by atoms with Crippen molar-refractivity contribution in [3.8, 4) is 5.75 Å². The van der Waals surface area contributed by atoms with Crippen LogP contribution in [-0.4, -0.2) is 32.3 Å². The van der Waals surface area contributed by atoms with Gasteiger partial charge in [0.1, 0.15) is 11.3 Å². The molecule has 1 aromatic carbocycles. The van der Waals surface area contributed by atoms with E-state index in [1.165, 1.54) is 7.11 Å². The summed E-state index contributed by atoms with van der Waals surface area (Å²) in [6, 6.07) is 6.54. The van der Waals surface area contributed by atoms with E-state index in [9.17, 15) is 9.59 Å². The lowest BCUT2D eigenvalue weighted by atomic mass is 10.2. The molecule has 0 aliphatic heterocycles. The minimum atomic E-state index is -0.510. The number of hydrogen-bond acceptors (Lipinski definition) is 5. The molecule has 0 amide bonds. The number of carbonyl (C=O) groups excluding carboxylic acids is 2. The van der Waals surface area contributed by atoms with Gasteiger partial charge < -0.3 is 14.2 Å². The van der Waals surface area contributed by atoms with Crippen LogP contribution in [0.3, 0.4) is 0 Å². The quantitative estimate of drug-likeness (QED) is 0.726. The first-order valence-electron chi connectivity index (χ1n) is 5.14. The molecule has 0 unspecified atom stereocenters. The van der Waals surface area contributed by atoms with Crippen LogP contribution in [0, 0.1) is 0 Å². The molecule has 0 aliphatic carbocycles. The third kappa shape index (κ3) is 3.79. The monoisotopic (exact) mass is 238 g/mol. The fourth-order valence-corrected chi connectivity index (χ4v) is 1.21. The lowest BCUT2D eigenvalue weighted by molar-refractivity contribution is -0.145. The Morgan fingerprint density at radius 1 is 1.24 bits per heavy atom. The summed E-state index contributed by atoms with van der Waals surface area (Å²) in [5.41, 5.74) is 0.277. The van der Waals surface area contributed by atoms with E-state index >= 15 is 0 Å². The molecule has 0 fully saturated rings. The summed E-state index contributed by atoms with van der Waals surface area (Å²) in [7, 11) is 1.28. The summed E-state index contributed by atoms with van der Waals surface area (Å²) >= 11 is 0. The average molecular weight is 238 g/mol. The van der Waals surface area contributed by atoms with Crippen molar-refractivity contribution in [2.24, 2.45) is 0 Å². The molecule has 0 spiro atoms. The number of hydrogen-bond donors (Lipinski definition) is 0. The first kappa shape index (κ1) is 13.0. The number of esters is 2. The molecule has 0 atom stereocenters. The van der Waals surface area contributed by atoms with E-state index in [0.717, 1.165) is 0 Å². The maximum absolute atomic E-state index is 11.4. The molecule has 0 N–H and O–H groups in total. The summed E-state index contributed by atoms with van der Waals surface area (Å²) in [4.78, 5) is 22.5. The number of methoxy groups -OCH3 is 1. The molecule has 0 radical (unpaired) electrons. The SMILES string of the molecule is CCOC(=O)COc1ccccc1C(=O)OC. The van der Waals surface area contributed by atoms with Gasteiger partial charge in [-0.15, -0.1) is 0 Å². The molecular weight excluding hydrogens is 224 g/mol. The summed E-state index contributed by atoms with van der Waals surface area (Å²) in [5, 5.41) is 0. The van der Waals surface area contributed by atoms with E-state index in [2.05, 4.69) is 4.74 Å². The van der Waals surface area contributed by atoms with Crippen LogP contribution in [0.2, 0.25) is 0 Å². The maximum atomic E-state index is 11.4. The summed E-state index contributed by atoms with van der Waals surface area (Å²) in [6.45, 7) is 1.77. The van der Waals surface area contributed by atoms with Crippen molar-refractivity contribution in [2.75, 3.05) is 20.3 Å². The lowest BCUT2D eigenvalue weighted by Crippen LogP contribution is -2.16. The molecule has 0 aliphatic rings. The molecule has 92 valence electrons. The zero-order valence-corrected chi connectivity index (χ0v) is 9.76. The van der Waals surface area contributed by atoms with E-state index in [-0.39, 0.29) is 12.2 Å². The molecule has 5 nitrogen and oxygen atoms in total. The van der Waals surface area contributed by atoms with E-state index in [0.29, 0.717) is 12.4 Å². The van der Waals surface area contributed by atoms with Crippen molar-refractivity contribution in [3.05, 3.63) is 29.8 Å². The Labute approximate surface area is 99.3 Å². The van der Waals surface area contributed by atoms with Crippen molar-refractivity contribution in [1.29, 1.82) is 0 Å². The number of rotatable bonds is 5. The molecule has 1 aromatic rings. The highest BCUT2D eigenvalue weighted by Gasteiger charge is 2.13. The van der Waals surface area contributed by atoms with Gasteiger partial charge in [0, 0.05) is 0 Å². The molecular formula is C12H14O5. The molecule has 0 saturated carbocycles. The zero-order chi connectivity index (χ0) is 12.7. The van der Waals surface area contributed by atoms with Crippen LogP contribution in [0.5, 0.6) is 5.75 Å². The smallest absolute Gasteiger partial charge is 0.344 e. The van der Waals surface area contributed by atoms with Gasteiger partial charge in [0.05, 0.1) is 13.7 Å². The predicted octanol–water partition coefficient (Wildman–Crippen LogP) is 1.42. The Morgan fingerprint density at radius 2 is 1.94 bits per heavy atom. The minimum absolute atomic E-state index is 0.234. The highest BCUT2D eigenvalue weighted by atomic mass is 16.6. The Balaban J connectivity index is 2.70. The van der Waals surface area contributed by atoms with Gasteiger partial charge in [0.2, 0.25) is 0 Å². The predicted molar refractivity (Wildman–Crippen MR) is 59.9 cm³/mol. The molecule has 0 bridgehead atoms. The summed E-state index contributed by atoms with van der Waals surface area (Å²) in [5.74, 6) is -0.691. The Hall–Kier alpha value is -2.04. The molecule has 0 saturated heterocycles. The molecule has 1 rings (SSSR count). The zero-order valence-electron chi connectivity index (χ0n) is 9.76. The van der Waals surface area contributed by atoms with Crippen LogP contribution < -0.4 is 4.74 Å². The van der Waals surface area contributed by atoms with Gasteiger partial charge >= 0.3 is 11.9 Å². The second-order valence-corrected chi connectivity index (χ2v) is 3.08. The van der Waals surface area contributed by atoms with Gasteiger partial charge in [-0.3, -0.25) is 0 Å². The van der Waals surface area contributed by atoms with Crippen LogP contribution in [-0.2, 0) is 14.3 Å². The normalized spacial score (nSPS) is 9.53. The first-order chi connectivity index (χ1) is 8.19. The van der Waals surface area contributed by atoms with Crippen molar-refractivity contribution >= 4 is 11.9 Å². The maximum Gasteiger partial charge on any atom is 0.344 e. The van der Waals surface area contributed by atoms with Crippen molar-refractivity contribution in [3.63, 3.8) is 0 Å². The Kier molecular flexibility index (Phi) is 5.00. The van der Waals surface area contributed by atoms with Gasteiger partial charge in [-0.05, 0) is 19.1 Å². The number of para-hydroxylation sites is 1. The Bertz CT molecular complexity index is 400. The van der Waals surface area contributed by atoms with Crippen molar-refractivity contribution < 1.29 is 23.8 Å². The van der Waals surface area contributed by atoms with E-state index in [4.69, 9.17) is 9.47 Å². The summed E-state index contributed by atoms with van der Waals surface area (Å²) < 4.78 is 14.5. The fraction of sp³-hybridized carbons (Fsp3) is 0.333. The minimum Gasteiger partial charge on any atom is -0.481 e. The average Bonchev–Trinajstić information content (AvgIpc) is 2.36. The van der Waals surface area contributed by atoms with E-state index < -0.39 is 11.9 Å². The van der Waals surface area contributed by atoms with Gasteiger partial charge in [-0.25, -0.2) is 9.59 Å². The summed E-state index contributed by atoms with van der Waals surface area (Å²) in [6.07, 6.45) is 0. The van der Waals surface area contributed by atoms with Crippen LogP contribution in [0.1, 0.15) is 17.3 Å². The second-order valence-electron chi connectivity index (χ2n) is 3.08. The van der Waals surface area contributed by atoms with E-state index in [1.807, 2.05) is 0 Å². The Morgan fingerprint density at radius 3 is 2.59 bits per heavy atom. The largest absolute Gasteiger partial charge is 0.481 e. The van der Waals surface area contributed by atoms with Crippen molar-refractivity contribution in [2.45, 2.75) is 6.92 Å². The molecule has 5 heteroatoms. The second kappa shape index (κ2) is 6.52. The standard InChI is InChI=1S/C12H14O5/c1-3-16-11(13)8-17-10-7-5-4-6-9(10)12(14)15-2/h4-7H,3,8H2,1-2H3. The van der Waals surface area contributed by atoms with Gasteiger partial charge in [-0.2, -0.15) is 0 Å². The number of carbonyl (C=O) groups is 2. The van der Waals surface area contributed by atoms with Gasteiger partial charge in [-0.1, -0.05) is 12.1 Å². The molecule has 0 heterocycles. The van der Waals surface area contributed by atoms with Crippen LogP contribution >= 0.6 is 0 Å². The third-order valence-electron chi connectivity index (χ3n) is 1.94. The highest BCUT2D eigenvalue weighted by molar-refractivity contribution is 5.92. The topological polar surface area (TPSA) is 61.8 Å². The van der Waals surface area contributed by atoms with Gasteiger partial charge in [0.15, 0.2) is 6.61 Å². The van der Waals surface area contributed by atoms with Gasteiger partial charge in [0.25, 0.3) is 0 Å². The highest BCUT2D eigenvalue weighted by Crippen LogP contribution is 2.18. The first-order valence-corrected chi connectivity index (χ1v) is 5.14. The van der Waals surface area contributed by atoms with E-state index in [1.54, 1.807) is 31.2 Å². The van der Waals surface area contributed by atoms with Crippen LogP contribution in [0.15, 0.2) is 24.3 Å². The number of benzene rings is 1. The molecule has 17 heavy (non-hydrogen) atoms. The fourth-order valence-electron chi connectivity index (χ4n) is 1.21.